The summed E-state index contributed by atoms with van der Waals surface area (Å²) in [5.41, 5.74) is 6.48. The highest BCUT2D eigenvalue weighted by molar-refractivity contribution is 7.89. The van der Waals surface area contributed by atoms with Crippen LogP contribution in [0.15, 0.2) is 23.1 Å². The summed E-state index contributed by atoms with van der Waals surface area (Å²) in [6, 6.07) is 6.10. The fourth-order valence-corrected chi connectivity index (χ4v) is 3.30. The van der Waals surface area contributed by atoms with Crippen molar-refractivity contribution < 1.29 is 8.42 Å². The van der Waals surface area contributed by atoms with Crippen LogP contribution < -0.4 is 10.5 Å². The van der Waals surface area contributed by atoms with Gasteiger partial charge in [0, 0.05) is 12.6 Å². The Balaban J connectivity index is 3.12. The first-order valence-corrected chi connectivity index (χ1v) is 7.83. The van der Waals surface area contributed by atoms with E-state index in [4.69, 9.17) is 11.0 Å². The van der Waals surface area contributed by atoms with Crippen molar-refractivity contribution in [2.45, 2.75) is 38.6 Å². The quantitative estimate of drug-likeness (QED) is 0.880. The van der Waals surface area contributed by atoms with Gasteiger partial charge in [0.05, 0.1) is 16.5 Å². The van der Waals surface area contributed by atoms with E-state index in [0.717, 1.165) is 0 Å². The number of benzene rings is 1. The SMILES string of the molecule is Cc1cc(S(=O)(=O)NC(CN)C(C)(C)C)ccc1C#N. The van der Waals surface area contributed by atoms with Crippen LogP contribution in [0.25, 0.3) is 0 Å². The number of hydrogen-bond donors (Lipinski definition) is 2. The Morgan fingerprint density at radius 2 is 2.00 bits per heavy atom. The van der Waals surface area contributed by atoms with E-state index in [1.54, 1.807) is 6.92 Å². The van der Waals surface area contributed by atoms with Gasteiger partial charge in [0.25, 0.3) is 0 Å². The zero-order valence-electron chi connectivity index (χ0n) is 12.3. The van der Waals surface area contributed by atoms with Crippen LogP contribution in [0.3, 0.4) is 0 Å². The van der Waals surface area contributed by atoms with Crippen molar-refractivity contribution in [3.63, 3.8) is 0 Å². The van der Waals surface area contributed by atoms with Crippen molar-refractivity contribution in [3.05, 3.63) is 29.3 Å². The normalized spacial score (nSPS) is 13.8. The van der Waals surface area contributed by atoms with E-state index in [1.165, 1.54) is 18.2 Å². The minimum Gasteiger partial charge on any atom is -0.329 e. The molecule has 0 aliphatic carbocycles. The molecule has 1 aromatic rings. The predicted octanol–water partition coefficient (Wildman–Crippen LogP) is 1.52. The minimum absolute atomic E-state index is 0.150. The van der Waals surface area contributed by atoms with E-state index in [2.05, 4.69) is 4.72 Å². The van der Waals surface area contributed by atoms with Crippen molar-refractivity contribution in [1.29, 1.82) is 5.26 Å². The molecule has 0 fully saturated rings. The molecule has 0 radical (unpaired) electrons. The van der Waals surface area contributed by atoms with Crippen molar-refractivity contribution in [2.75, 3.05) is 6.54 Å². The summed E-state index contributed by atoms with van der Waals surface area (Å²) in [5.74, 6) is 0. The largest absolute Gasteiger partial charge is 0.329 e. The lowest BCUT2D eigenvalue weighted by molar-refractivity contribution is 0.304. The molecule has 0 bridgehead atoms. The van der Waals surface area contributed by atoms with Crippen molar-refractivity contribution in [1.82, 2.24) is 4.72 Å². The Morgan fingerprint density at radius 1 is 1.40 bits per heavy atom. The van der Waals surface area contributed by atoms with E-state index in [9.17, 15) is 8.42 Å². The third-order valence-electron chi connectivity index (χ3n) is 3.21. The van der Waals surface area contributed by atoms with Crippen LogP contribution in [-0.2, 0) is 10.0 Å². The Bertz CT molecular complexity index is 625. The molecule has 5 nitrogen and oxygen atoms in total. The van der Waals surface area contributed by atoms with Crippen molar-refractivity contribution >= 4 is 10.0 Å². The van der Waals surface area contributed by atoms with E-state index < -0.39 is 10.0 Å². The first kappa shape index (κ1) is 16.6. The molecule has 1 atom stereocenters. The summed E-state index contributed by atoms with van der Waals surface area (Å²) >= 11 is 0. The zero-order valence-corrected chi connectivity index (χ0v) is 13.1. The fourth-order valence-electron chi connectivity index (χ4n) is 1.76. The van der Waals surface area contributed by atoms with Gasteiger partial charge in [-0.25, -0.2) is 13.1 Å². The molecule has 0 aliphatic heterocycles. The molecule has 110 valence electrons. The monoisotopic (exact) mass is 295 g/mol. The lowest BCUT2D eigenvalue weighted by atomic mass is 9.88. The predicted molar refractivity (Wildman–Crippen MR) is 78.5 cm³/mol. The Kier molecular flexibility index (Phi) is 4.92. The van der Waals surface area contributed by atoms with Gasteiger partial charge in [-0.1, -0.05) is 20.8 Å². The fraction of sp³-hybridized carbons (Fsp3) is 0.500. The summed E-state index contributed by atoms with van der Waals surface area (Å²) < 4.78 is 27.3. The molecule has 6 heteroatoms. The van der Waals surface area contributed by atoms with Gasteiger partial charge < -0.3 is 5.73 Å². The first-order valence-electron chi connectivity index (χ1n) is 6.35. The van der Waals surface area contributed by atoms with Crippen molar-refractivity contribution in [3.8, 4) is 6.07 Å². The van der Waals surface area contributed by atoms with Gasteiger partial charge in [-0.3, -0.25) is 0 Å². The molecule has 0 saturated carbocycles. The highest BCUT2D eigenvalue weighted by atomic mass is 32.2. The average Bonchev–Trinajstić information content (AvgIpc) is 2.34. The Hall–Kier alpha value is -1.42. The third kappa shape index (κ3) is 3.79. The van der Waals surface area contributed by atoms with Crippen LogP contribution in [0.5, 0.6) is 0 Å². The van der Waals surface area contributed by atoms with E-state index in [0.29, 0.717) is 11.1 Å². The highest BCUT2D eigenvalue weighted by Crippen LogP contribution is 2.21. The number of nitrogens with zero attached hydrogens (tertiary/aromatic N) is 1. The van der Waals surface area contributed by atoms with Gasteiger partial charge in [0.2, 0.25) is 10.0 Å². The molecule has 0 saturated heterocycles. The molecule has 0 aliphatic rings. The number of rotatable bonds is 4. The molecule has 3 N–H and O–H groups in total. The van der Waals surface area contributed by atoms with Crippen LogP contribution in [0.4, 0.5) is 0 Å². The summed E-state index contributed by atoms with van der Waals surface area (Å²) in [4.78, 5) is 0.150. The topological polar surface area (TPSA) is 96.0 Å². The standard InChI is InChI=1S/C14H21N3O2S/c1-10-7-12(6-5-11(10)8-15)20(18,19)17-13(9-16)14(2,3)4/h5-7,13,17H,9,16H2,1-4H3. The summed E-state index contributed by atoms with van der Waals surface area (Å²) in [6.45, 7) is 7.71. The third-order valence-corrected chi connectivity index (χ3v) is 4.68. The second kappa shape index (κ2) is 5.92. The lowest BCUT2D eigenvalue weighted by Gasteiger charge is -2.30. The molecule has 20 heavy (non-hydrogen) atoms. The van der Waals surface area contributed by atoms with E-state index in [-0.39, 0.29) is 22.9 Å². The smallest absolute Gasteiger partial charge is 0.240 e. The molecule has 1 unspecified atom stereocenters. The zero-order chi connectivity index (χ0) is 15.6. The maximum Gasteiger partial charge on any atom is 0.240 e. The molecular formula is C14H21N3O2S. The molecular weight excluding hydrogens is 274 g/mol. The Labute approximate surface area is 120 Å². The summed E-state index contributed by atoms with van der Waals surface area (Å²) in [7, 11) is -3.64. The van der Waals surface area contributed by atoms with Gasteiger partial charge >= 0.3 is 0 Å². The highest BCUT2D eigenvalue weighted by Gasteiger charge is 2.28. The number of nitrogens with two attached hydrogens (primary N) is 1. The number of aryl methyl sites for hydroxylation is 1. The molecule has 0 amide bonds. The van der Waals surface area contributed by atoms with Gasteiger partial charge in [-0.2, -0.15) is 5.26 Å². The van der Waals surface area contributed by atoms with Crippen LogP contribution in [-0.4, -0.2) is 21.0 Å². The van der Waals surface area contributed by atoms with Crippen LogP contribution in [0, 0.1) is 23.7 Å². The summed E-state index contributed by atoms with van der Waals surface area (Å²) in [6.07, 6.45) is 0. The number of sulfonamides is 1. The minimum atomic E-state index is -3.64. The second-order valence-electron chi connectivity index (χ2n) is 5.86. The number of nitrogens with one attached hydrogen (secondary N) is 1. The second-order valence-corrected chi connectivity index (χ2v) is 7.58. The Morgan fingerprint density at radius 3 is 2.40 bits per heavy atom. The van der Waals surface area contributed by atoms with E-state index in [1.807, 2.05) is 26.8 Å². The van der Waals surface area contributed by atoms with Crippen LogP contribution in [0.1, 0.15) is 31.9 Å². The molecule has 1 rings (SSSR count). The van der Waals surface area contributed by atoms with Gasteiger partial charge in [0.15, 0.2) is 0 Å². The molecule has 0 spiro atoms. The average molecular weight is 295 g/mol. The van der Waals surface area contributed by atoms with Crippen LogP contribution in [0.2, 0.25) is 0 Å². The lowest BCUT2D eigenvalue weighted by Crippen LogP contribution is -2.48. The van der Waals surface area contributed by atoms with Gasteiger partial charge in [0.1, 0.15) is 0 Å². The summed E-state index contributed by atoms with van der Waals surface area (Å²) in [5, 5.41) is 8.87. The number of hydrogen-bond acceptors (Lipinski definition) is 4. The maximum atomic E-state index is 12.4. The molecule has 1 aromatic carbocycles. The van der Waals surface area contributed by atoms with Crippen molar-refractivity contribution in [2.24, 2.45) is 11.1 Å². The van der Waals surface area contributed by atoms with Gasteiger partial charge in [-0.15, -0.1) is 0 Å². The van der Waals surface area contributed by atoms with Crippen LogP contribution >= 0.6 is 0 Å². The maximum absolute atomic E-state index is 12.4. The number of nitriles is 1. The molecule has 0 aromatic heterocycles. The van der Waals surface area contributed by atoms with E-state index >= 15 is 0 Å². The first-order chi connectivity index (χ1) is 9.11. The molecule has 0 heterocycles. The van der Waals surface area contributed by atoms with Gasteiger partial charge in [-0.05, 0) is 36.1 Å².